The summed E-state index contributed by atoms with van der Waals surface area (Å²) in [5, 5.41) is 9.70. The number of oxime groups is 1. The van der Waals surface area contributed by atoms with E-state index < -0.39 is 57.9 Å². The Morgan fingerprint density at radius 1 is 1.41 bits per heavy atom. The minimum Gasteiger partial charge on any atom is -0.467 e. The second-order valence-electron chi connectivity index (χ2n) is 6.34. The maximum Gasteiger partial charge on any atom is 0.363 e. The first kappa shape index (κ1) is 25.4. The molecular formula is C15H18ClN5O9S2. The zero-order chi connectivity index (χ0) is 24.2. The second-order valence-corrected chi connectivity index (χ2v) is 8.76. The molecule has 0 spiro atoms. The molecule has 1 aromatic heterocycles. The predicted octanol–water partition coefficient (Wildman–Crippen LogP) is -0.879. The minimum absolute atomic E-state index is 0.0500. The van der Waals surface area contributed by atoms with Gasteiger partial charge in [0, 0.05) is 5.38 Å². The lowest BCUT2D eigenvalue weighted by atomic mass is 9.98. The summed E-state index contributed by atoms with van der Waals surface area (Å²) >= 11 is 6.36. The summed E-state index contributed by atoms with van der Waals surface area (Å²) in [6, 6.07) is -3.50. The first-order valence-corrected chi connectivity index (χ1v) is 11.5. The Kier molecular flexibility index (Phi) is 8.11. The number of nitrogens with one attached hydrogen (secondary N) is 2. The second kappa shape index (κ2) is 10.2. The van der Waals surface area contributed by atoms with Crippen molar-refractivity contribution in [3.8, 4) is 0 Å². The van der Waals surface area contributed by atoms with Crippen molar-refractivity contribution in [1.82, 2.24) is 14.6 Å². The highest BCUT2D eigenvalue weighted by molar-refractivity contribution is 7.84. The van der Waals surface area contributed by atoms with E-state index in [1.54, 1.807) is 13.8 Å². The van der Waals surface area contributed by atoms with Gasteiger partial charge in [0.1, 0.15) is 23.7 Å². The number of ether oxygens (including phenoxy) is 1. The number of hydrogen-bond donors (Lipinski definition) is 3. The highest BCUT2D eigenvalue weighted by Crippen LogP contribution is 2.25. The molecule has 0 aromatic carbocycles. The van der Waals surface area contributed by atoms with Crippen LogP contribution in [0.4, 0.5) is 5.13 Å². The molecule has 1 aliphatic heterocycles. The number of aromatic nitrogens is 1. The number of esters is 1. The summed E-state index contributed by atoms with van der Waals surface area (Å²) in [4.78, 5) is 57.4. The van der Waals surface area contributed by atoms with Gasteiger partial charge in [0.25, 0.3) is 11.8 Å². The summed E-state index contributed by atoms with van der Waals surface area (Å²) < 4.78 is 36.2. The fourth-order valence-electron chi connectivity index (χ4n) is 2.38. The van der Waals surface area contributed by atoms with E-state index in [9.17, 15) is 27.6 Å². The molecule has 32 heavy (non-hydrogen) atoms. The van der Waals surface area contributed by atoms with Crippen LogP contribution in [0.5, 0.6) is 0 Å². The standard InChI is InChI=1S/C15H18ClN5O9S2/c1-6(2)30-20-9(7-5-31-15(17-7)18-8(22)4-16)12(23)19-10-11(14(25)29-3)21(13(10)24)32(26,27)28/h5-6,10-11H,4H2,1-3H3,(H,19,23)(H,17,18,22)(H,26,27,28)/t10-,11-/m0/s1. The van der Waals surface area contributed by atoms with E-state index in [0.717, 1.165) is 18.4 Å². The van der Waals surface area contributed by atoms with Crippen molar-refractivity contribution in [3.05, 3.63) is 11.1 Å². The van der Waals surface area contributed by atoms with Gasteiger partial charge in [0.05, 0.1) is 7.11 Å². The van der Waals surface area contributed by atoms with Crippen LogP contribution >= 0.6 is 22.9 Å². The number of thiazole rings is 1. The van der Waals surface area contributed by atoms with E-state index in [4.69, 9.17) is 21.0 Å². The molecule has 1 aliphatic rings. The lowest BCUT2D eigenvalue weighted by molar-refractivity contribution is -0.162. The SMILES string of the molecule is COC(=O)[C@@H]1[C@H](NC(=O)C(=NOC(C)C)c2csc(NC(=O)CCl)n2)C(=O)N1S(=O)(=O)O. The van der Waals surface area contributed by atoms with Crippen LogP contribution in [0.2, 0.25) is 0 Å². The highest BCUT2D eigenvalue weighted by atomic mass is 35.5. The number of alkyl halides is 1. The lowest BCUT2D eigenvalue weighted by Gasteiger charge is -2.41. The average molecular weight is 512 g/mol. The normalized spacial score (nSPS) is 18.8. The molecule has 1 saturated heterocycles. The van der Waals surface area contributed by atoms with Crippen LogP contribution in [0.3, 0.4) is 0 Å². The van der Waals surface area contributed by atoms with Crippen LogP contribution in [0.15, 0.2) is 10.5 Å². The molecule has 0 aliphatic carbocycles. The first-order chi connectivity index (χ1) is 14.9. The Labute approximate surface area is 190 Å². The van der Waals surface area contributed by atoms with Gasteiger partial charge in [-0.3, -0.25) is 18.9 Å². The predicted molar refractivity (Wildman–Crippen MR) is 110 cm³/mol. The zero-order valence-electron chi connectivity index (χ0n) is 16.8. The molecule has 0 bridgehead atoms. The number of carbonyl (C=O) groups is 4. The number of amides is 3. The lowest BCUT2D eigenvalue weighted by Crippen LogP contribution is -2.74. The number of nitrogens with zero attached hydrogens (tertiary/aromatic N) is 3. The Hall–Kier alpha value is -2.82. The number of carbonyl (C=O) groups excluding carboxylic acids is 4. The molecule has 176 valence electrons. The summed E-state index contributed by atoms with van der Waals surface area (Å²) in [7, 11) is -4.15. The van der Waals surface area contributed by atoms with Crippen LogP contribution in [-0.2, 0) is 39.1 Å². The molecule has 2 heterocycles. The van der Waals surface area contributed by atoms with Crippen molar-refractivity contribution in [3.63, 3.8) is 0 Å². The number of methoxy groups -OCH3 is 1. The molecular weight excluding hydrogens is 494 g/mol. The van der Waals surface area contributed by atoms with Crippen LogP contribution < -0.4 is 10.6 Å². The number of anilines is 1. The van der Waals surface area contributed by atoms with E-state index in [1.807, 2.05) is 0 Å². The van der Waals surface area contributed by atoms with Crippen molar-refractivity contribution in [2.75, 3.05) is 18.3 Å². The van der Waals surface area contributed by atoms with Gasteiger partial charge in [-0.2, -0.15) is 12.7 Å². The minimum atomic E-state index is -5.08. The van der Waals surface area contributed by atoms with Crippen LogP contribution in [-0.4, -0.2) is 82.8 Å². The molecule has 0 saturated carbocycles. The molecule has 1 aromatic rings. The Morgan fingerprint density at radius 3 is 2.59 bits per heavy atom. The van der Waals surface area contributed by atoms with Gasteiger partial charge in [-0.05, 0) is 13.8 Å². The Bertz CT molecular complexity index is 1060. The number of halogens is 1. The summed E-state index contributed by atoms with van der Waals surface area (Å²) in [6.07, 6.45) is -0.449. The quantitative estimate of drug-likeness (QED) is 0.0935. The molecule has 3 N–H and O–H groups in total. The molecule has 1 fully saturated rings. The fraction of sp³-hybridized carbons (Fsp3) is 0.467. The maximum absolute atomic E-state index is 12.8. The van der Waals surface area contributed by atoms with Crippen molar-refractivity contribution in [2.24, 2.45) is 5.16 Å². The molecule has 0 unspecified atom stereocenters. The Balaban J connectivity index is 2.31. The van der Waals surface area contributed by atoms with Gasteiger partial charge in [-0.25, -0.2) is 9.78 Å². The number of hydrogen-bond acceptors (Lipinski definition) is 11. The van der Waals surface area contributed by atoms with E-state index >= 15 is 0 Å². The number of rotatable bonds is 9. The topological polar surface area (TPSA) is 194 Å². The molecule has 2 atom stereocenters. The van der Waals surface area contributed by atoms with Crippen LogP contribution in [0.1, 0.15) is 19.5 Å². The molecule has 3 amide bonds. The van der Waals surface area contributed by atoms with Crippen molar-refractivity contribution in [2.45, 2.75) is 32.0 Å². The largest absolute Gasteiger partial charge is 0.467 e. The van der Waals surface area contributed by atoms with Crippen LogP contribution in [0, 0.1) is 0 Å². The third-order valence-corrected chi connectivity index (χ3v) is 5.62. The smallest absolute Gasteiger partial charge is 0.363 e. The number of β-lactam (4-membered cyclic amide) rings is 1. The zero-order valence-corrected chi connectivity index (χ0v) is 19.2. The third kappa shape index (κ3) is 5.70. The monoisotopic (exact) mass is 511 g/mol. The molecule has 17 heteroatoms. The average Bonchev–Trinajstić information content (AvgIpc) is 3.15. The van der Waals surface area contributed by atoms with Gasteiger partial charge >= 0.3 is 16.3 Å². The van der Waals surface area contributed by atoms with Crippen LogP contribution in [0.25, 0.3) is 0 Å². The van der Waals surface area contributed by atoms with Crippen molar-refractivity contribution in [1.29, 1.82) is 0 Å². The fourth-order valence-corrected chi connectivity index (χ4v) is 3.99. The first-order valence-electron chi connectivity index (χ1n) is 8.65. The van der Waals surface area contributed by atoms with E-state index in [1.165, 1.54) is 5.38 Å². The van der Waals surface area contributed by atoms with E-state index in [-0.39, 0.29) is 21.0 Å². The summed E-state index contributed by atoms with van der Waals surface area (Å²) in [5.41, 5.74) is -0.478. The van der Waals surface area contributed by atoms with Crippen molar-refractivity contribution < 1.29 is 41.7 Å². The van der Waals surface area contributed by atoms with Gasteiger partial charge in [-0.1, -0.05) is 5.16 Å². The Morgan fingerprint density at radius 2 is 2.06 bits per heavy atom. The van der Waals surface area contributed by atoms with Gasteiger partial charge < -0.3 is 20.2 Å². The van der Waals surface area contributed by atoms with E-state index in [2.05, 4.69) is 25.5 Å². The molecule has 2 rings (SSSR count). The van der Waals surface area contributed by atoms with Gasteiger partial charge in [0.2, 0.25) is 5.91 Å². The maximum atomic E-state index is 12.8. The molecule has 0 radical (unpaired) electrons. The summed E-state index contributed by atoms with van der Waals surface area (Å²) in [5.74, 6) is -4.37. The third-order valence-electron chi connectivity index (χ3n) is 3.71. The van der Waals surface area contributed by atoms with Crippen molar-refractivity contribution >= 4 is 67.8 Å². The van der Waals surface area contributed by atoms with Gasteiger partial charge in [-0.15, -0.1) is 22.9 Å². The molecule has 14 nitrogen and oxygen atoms in total. The van der Waals surface area contributed by atoms with Gasteiger partial charge in [0.15, 0.2) is 16.9 Å². The summed E-state index contributed by atoms with van der Waals surface area (Å²) in [6.45, 7) is 3.25. The highest BCUT2D eigenvalue weighted by Gasteiger charge is 2.58. The van der Waals surface area contributed by atoms with E-state index in [0.29, 0.717) is 0 Å².